The molecule has 1 atom stereocenters. The van der Waals surface area contributed by atoms with Crippen LogP contribution in [0.1, 0.15) is 35.3 Å². The average molecular weight is 376 g/mol. The largest absolute Gasteiger partial charge is 0.481 e. The monoisotopic (exact) mass is 375 g/mol. The van der Waals surface area contributed by atoms with Crippen LogP contribution in [-0.2, 0) is 9.53 Å². The van der Waals surface area contributed by atoms with E-state index in [9.17, 15) is 9.59 Å². The second-order valence-electron chi connectivity index (χ2n) is 5.91. The lowest BCUT2D eigenvalue weighted by Gasteiger charge is -2.16. The molecule has 0 saturated carbocycles. The number of halogens is 1. The molecule has 1 unspecified atom stereocenters. The first-order chi connectivity index (χ1) is 12.3. The number of esters is 1. The van der Waals surface area contributed by atoms with Crippen molar-refractivity contribution in [3.8, 4) is 5.75 Å². The maximum absolute atomic E-state index is 12.4. The van der Waals surface area contributed by atoms with Crippen molar-refractivity contribution >= 4 is 29.2 Å². The Hall–Kier alpha value is -2.53. The number of hydrogen-bond donors (Lipinski definition) is 1. The maximum atomic E-state index is 12.4. The van der Waals surface area contributed by atoms with Crippen LogP contribution in [0.5, 0.6) is 5.75 Å². The number of rotatable bonds is 6. The Bertz CT molecular complexity index is 819. The molecule has 0 fully saturated rings. The van der Waals surface area contributed by atoms with Crippen molar-refractivity contribution in [2.24, 2.45) is 0 Å². The molecule has 5 nitrogen and oxygen atoms in total. The van der Waals surface area contributed by atoms with Gasteiger partial charge in [0.05, 0.1) is 12.2 Å². The topological polar surface area (TPSA) is 64.6 Å². The third-order valence-electron chi connectivity index (χ3n) is 3.81. The molecule has 1 amide bonds. The number of hydrogen-bond acceptors (Lipinski definition) is 4. The number of ether oxygens (including phenoxy) is 2. The number of nitrogens with one attached hydrogen (secondary N) is 1. The Morgan fingerprint density at radius 1 is 1.12 bits per heavy atom. The molecule has 2 aromatic rings. The van der Waals surface area contributed by atoms with E-state index in [1.807, 2.05) is 13.8 Å². The van der Waals surface area contributed by atoms with Crippen molar-refractivity contribution in [3.63, 3.8) is 0 Å². The van der Waals surface area contributed by atoms with E-state index in [0.29, 0.717) is 28.6 Å². The molecule has 6 heteroatoms. The van der Waals surface area contributed by atoms with E-state index in [0.717, 1.165) is 11.1 Å². The number of benzene rings is 2. The summed E-state index contributed by atoms with van der Waals surface area (Å²) in [6.07, 6.45) is -0.695. The first kappa shape index (κ1) is 19.8. The fourth-order valence-electron chi connectivity index (χ4n) is 2.33. The van der Waals surface area contributed by atoms with Crippen LogP contribution < -0.4 is 10.1 Å². The van der Waals surface area contributed by atoms with Crippen molar-refractivity contribution in [1.29, 1.82) is 0 Å². The highest BCUT2D eigenvalue weighted by Crippen LogP contribution is 2.22. The molecule has 0 bridgehead atoms. The molecule has 0 aliphatic carbocycles. The summed E-state index contributed by atoms with van der Waals surface area (Å²) in [5, 5.41) is 3.46. The third-order valence-corrected chi connectivity index (χ3v) is 4.23. The lowest BCUT2D eigenvalue weighted by atomic mass is 10.1. The fourth-order valence-corrected chi connectivity index (χ4v) is 2.45. The average Bonchev–Trinajstić information content (AvgIpc) is 2.60. The van der Waals surface area contributed by atoms with E-state index >= 15 is 0 Å². The number of amides is 1. The highest BCUT2D eigenvalue weighted by Gasteiger charge is 2.17. The molecule has 0 aromatic heterocycles. The molecular formula is C20H22ClNO4. The van der Waals surface area contributed by atoms with E-state index in [1.165, 1.54) is 0 Å². The molecule has 2 aromatic carbocycles. The number of anilines is 1. The van der Waals surface area contributed by atoms with Gasteiger partial charge in [-0.25, -0.2) is 4.79 Å². The standard InChI is InChI=1S/C20H22ClNO4/c1-5-25-20(24)15-6-9-18(13(3)10-15)22-19(23)14(4)26-16-7-8-17(21)12(2)11-16/h6-11,14H,5H2,1-4H3,(H,22,23). The van der Waals surface area contributed by atoms with Gasteiger partial charge in [0.25, 0.3) is 5.91 Å². The summed E-state index contributed by atoms with van der Waals surface area (Å²) in [6, 6.07) is 10.2. The predicted octanol–water partition coefficient (Wildman–Crippen LogP) is 4.54. The van der Waals surface area contributed by atoms with Gasteiger partial charge in [0.2, 0.25) is 0 Å². The summed E-state index contributed by atoms with van der Waals surface area (Å²) in [4.78, 5) is 24.1. The zero-order valence-electron chi connectivity index (χ0n) is 15.3. The van der Waals surface area contributed by atoms with Crippen LogP contribution in [0.2, 0.25) is 5.02 Å². The molecule has 0 aliphatic rings. The van der Waals surface area contributed by atoms with Gasteiger partial charge in [0, 0.05) is 10.7 Å². The molecule has 0 saturated heterocycles. The van der Waals surface area contributed by atoms with Gasteiger partial charge in [-0.15, -0.1) is 0 Å². The summed E-state index contributed by atoms with van der Waals surface area (Å²) in [7, 11) is 0. The van der Waals surface area contributed by atoms with E-state index in [1.54, 1.807) is 50.2 Å². The SMILES string of the molecule is CCOC(=O)c1ccc(NC(=O)C(C)Oc2ccc(Cl)c(C)c2)c(C)c1. The van der Waals surface area contributed by atoms with Crippen molar-refractivity contribution in [1.82, 2.24) is 0 Å². The van der Waals surface area contributed by atoms with Gasteiger partial charge in [-0.2, -0.15) is 0 Å². The maximum Gasteiger partial charge on any atom is 0.338 e. The summed E-state index contributed by atoms with van der Waals surface area (Å²) < 4.78 is 10.6. The minimum absolute atomic E-state index is 0.287. The minimum Gasteiger partial charge on any atom is -0.481 e. The van der Waals surface area contributed by atoms with Crippen LogP contribution in [0, 0.1) is 13.8 Å². The van der Waals surface area contributed by atoms with E-state index in [-0.39, 0.29) is 11.9 Å². The molecule has 138 valence electrons. The summed E-state index contributed by atoms with van der Waals surface area (Å²) in [6.45, 7) is 7.42. The lowest BCUT2D eigenvalue weighted by molar-refractivity contribution is -0.122. The van der Waals surface area contributed by atoms with Gasteiger partial charge >= 0.3 is 5.97 Å². The van der Waals surface area contributed by atoms with Gasteiger partial charge in [0.15, 0.2) is 6.10 Å². The second kappa shape index (κ2) is 8.72. The summed E-state index contributed by atoms with van der Waals surface area (Å²) in [5.74, 6) is -0.100. The third kappa shape index (κ3) is 4.99. The normalized spacial score (nSPS) is 11.6. The van der Waals surface area contributed by atoms with E-state index in [4.69, 9.17) is 21.1 Å². The quantitative estimate of drug-likeness (QED) is 0.753. The van der Waals surface area contributed by atoms with Crippen LogP contribution >= 0.6 is 11.6 Å². The van der Waals surface area contributed by atoms with Crippen LogP contribution in [0.15, 0.2) is 36.4 Å². The molecule has 0 radical (unpaired) electrons. The van der Waals surface area contributed by atoms with Crippen LogP contribution in [0.4, 0.5) is 5.69 Å². The zero-order valence-corrected chi connectivity index (χ0v) is 16.0. The summed E-state index contributed by atoms with van der Waals surface area (Å²) in [5.41, 5.74) is 2.70. The van der Waals surface area contributed by atoms with Crippen LogP contribution in [-0.4, -0.2) is 24.6 Å². The van der Waals surface area contributed by atoms with Gasteiger partial charge in [-0.3, -0.25) is 4.79 Å². The zero-order chi connectivity index (χ0) is 19.3. The second-order valence-corrected chi connectivity index (χ2v) is 6.32. The molecule has 2 rings (SSSR count). The predicted molar refractivity (Wildman–Crippen MR) is 102 cm³/mol. The van der Waals surface area contributed by atoms with E-state index < -0.39 is 6.10 Å². The van der Waals surface area contributed by atoms with Gasteiger partial charge in [-0.05, 0) is 75.2 Å². The lowest BCUT2D eigenvalue weighted by Crippen LogP contribution is -2.30. The van der Waals surface area contributed by atoms with Gasteiger partial charge < -0.3 is 14.8 Å². The molecule has 0 aliphatic heterocycles. The van der Waals surface area contributed by atoms with Crippen molar-refractivity contribution in [3.05, 3.63) is 58.1 Å². The molecule has 0 spiro atoms. The minimum atomic E-state index is -0.695. The van der Waals surface area contributed by atoms with Crippen molar-refractivity contribution in [2.75, 3.05) is 11.9 Å². The first-order valence-corrected chi connectivity index (χ1v) is 8.71. The number of aryl methyl sites for hydroxylation is 2. The molecule has 1 N–H and O–H groups in total. The summed E-state index contributed by atoms with van der Waals surface area (Å²) >= 11 is 5.99. The van der Waals surface area contributed by atoms with Crippen molar-refractivity contribution < 1.29 is 19.1 Å². The highest BCUT2D eigenvalue weighted by atomic mass is 35.5. The Morgan fingerprint density at radius 2 is 1.85 bits per heavy atom. The smallest absolute Gasteiger partial charge is 0.338 e. The van der Waals surface area contributed by atoms with Gasteiger partial charge in [0.1, 0.15) is 5.75 Å². The molecule has 26 heavy (non-hydrogen) atoms. The Balaban J connectivity index is 2.04. The van der Waals surface area contributed by atoms with Gasteiger partial charge in [-0.1, -0.05) is 11.6 Å². The number of carbonyl (C=O) groups excluding carboxylic acids is 2. The fraction of sp³-hybridized carbons (Fsp3) is 0.300. The Morgan fingerprint density at radius 3 is 2.46 bits per heavy atom. The molecular weight excluding hydrogens is 354 g/mol. The highest BCUT2D eigenvalue weighted by molar-refractivity contribution is 6.31. The first-order valence-electron chi connectivity index (χ1n) is 8.33. The molecule has 0 heterocycles. The van der Waals surface area contributed by atoms with E-state index in [2.05, 4.69) is 5.32 Å². The number of carbonyl (C=O) groups is 2. The van der Waals surface area contributed by atoms with Crippen LogP contribution in [0.3, 0.4) is 0 Å². The van der Waals surface area contributed by atoms with Crippen molar-refractivity contribution in [2.45, 2.75) is 33.8 Å². The Kier molecular flexibility index (Phi) is 6.64. The van der Waals surface area contributed by atoms with Crippen LogP contribution in [0.25, 0.3) is 0 Å². The Labute approximate surface area is 158 Å².